The highest BCUT2D eigenvalue weighted by Crippen LogP contribution is 2.30. The van der Waals surface area contributed by atoms with E-state index < -0.39 is 0 Å². The van der Waals surface area contributed by atoms with Gasteiger partial charge >= 0.3 is 0 Å². The molecule has 6 nitrogen and oxygen atoms in total. The third-order valence-electron chi connectivity index (χ3n) is 4.59. The second kappa shape index (κ2) is 8.07. The highest BCUT2D eigenvalue weighted by Gasteiger charge is 2.29. The van der Waals surface area contributed by atoms with E-state index in [4.69, 9.17) is 9.72 Å². The fourth-order valence-corrected chi connectivity index (χ4v) is 4.03. The summed E-state index contributed by atoms with van der Waals surface area (Å²) < 4.78 is 4.95. The smallest absolute Gasteiger partial charge is 0.248 e. The minimum Gasteiger partial charge on any atom is -0.375 e. The fraction of sp³-hybridized carbons (Fsp3) is 0.706. The first-order chi connectivity index (χ1) is 11.7. The van der Waals surface area contributed by atoms with Gasteiger partial charge in [0.1, 0.15) is 6.61 Å². The Bertz CT molecular complexity index is 585. The number of carbonyl (C=O) groups excluding carboxylic acids is 2. The first-order valence-corrected chi connectivity index (χ1v) is 9.54. The van der Waals surface area contributed by atoms with Crippen LogP contribution in [0.15, 0.2) is 5.38 Å². The van der Waals surface area contributed by atoms with Crippen molar-refractivity contribution in [2.24, 2.45) is 5.92 Å². The van der Waals surface area contributed by atoms with E-state index in [0.717, 1.165) is 55.9 Å². The number of aromatic nitrogens is 1. The average Bonchev–Trinajstić information content (AvgIpc) is 3.34. The van der Waals surface area contributed by atoms with E-state index in [9.17, 15) is 9.59 Å². The molecule has 1 aromatic rings. The van der Waals surface area contributed by atoms with E-state index in [-0.39, 0.29) is 24.3 Å². The maximum atomic E-state index is 12.0. The average molecular weight is 351 g/mol. The molecule has 1 N–H and O–H groups in total. The zero-order valence-electron chi connectivity index (χ0n) is 14.1. The van der Waals surface area contributed by atoms with Crippen molar-refractivity contribution in [1.29, 1.82) is 0 Å². The second-order valence-corrected chi connectivity index (χ2v) is 7.49. The van der Waals surface area contributed by atoms with Crippen molar-refractivity contribution in [3.8, 4) is 0 Å². The van der Waals surface area contributed by atoms with E-state index in [0.29, 0.717) is 12.5 Å². The highest BCUT2D eigenvalue weighted by molar-refractivity contribution is 7.09. The van der Waals surface area contributed by atoms with Gasteiger partial charge in [-0.25, -0.2) is 4.98 Å². The fourth-order valence-electron chi connectivity index (χ4n) is 3.05. The zero-order valence-corrected chi connectivity index (χ0v) is 14.9. The van der Waals surface area contributed by atoms with Gasteiger partial charge in [0.25, 0.3) is 0 Å². The molecule has 2 amide bonds. The minimum atomic E-state index is 0.0572. The number of rotatable bonds is 7. The van der Waals surface area contributed by atoms with E-state index in [1.165, 1.54) is 0 Å². The van der Waals surface area contributed by atoms with Crippen LogP contribution in [0.4, 0.5) is 0 Å². The van der Waals surface area contributed by atoms with Gasteiger partial charge in [0.15, 0.2) is 0 Å². The third kappa shape index (κ3) is 4.54. The van der Waals surface area contributed by atoms with Crippen LogP contribution in [0.1, 0.15) is 42.3 Å². The molecule has 1 aliphatic heterocycles. The molecular weight excluding hydrogens is 326 g/mol. The van der Waals surface area contributed by atoms with Gasteiger partial charge in [0.2, 0.25) is 11.8 Å². The summed E-state index contributed by atoms with van der Waals surface area (Å²) in [4.78, 5) is 30.2. The van der Waals surface area contributed by atoms with Crippen LogP contribution in [-0.4, -0.2) is 55.0 Å². The maximum absolute atomic E-state index is 12.0. The van der Waals surface area contributed by atoms with Crippen LogP contribution in [0.5, 0.6) is 0 Å². The number of amides is 2. The number of methoxy groups -OCH3 is 1. The molecule has 132 valence electrons. The molecule has 0 bridgehead atoms. The summed E-state index contributed by atoms with van der Waals surface area (Å²) in [6.45, 7) is 2.34. The summed E-state index contributed by atoms with van der Waals surface area (Å²) in [6, 6.07) is 0. The number of nitrogens with zero attached hydrogens (tertiary/aromatic N) is 2. The van der Waals surface area contributed by atoms with Gasteiger partial charge < -0.3 is 15.0 Å². The van der Waals surface area contributed by atoms with E-state index in [1.54, 1.807) is 18.4 Å². The van der Waals surface area contributed by atoms with E-state index in [2.05, 4.69) is 10.7 Å². The van der Waals surface area contributed by atoms with Crippen molar-refractivity contribution >= 4 is 23.2 Å². The van der Waals surface area contributed by atoms with Crippen LogP contribution < -0.4 is 5.32 Å². The number of thiazole rings is 1. The number of likely N-dealkylation sites (tertiary alicyclic amines) is 1. The highest BCUT2D eigenvalue weighted by atomic mass is 32.1. The van der Waals surface area contributed by atoms with Gasteiger partial charge in [-0.15, -0.1) is 11.3 Å². The number of piperidine rings is 1. The van der Waals surface area contributed by atoms with Gasteiger partial charge in [0.05, 0.1) is 10.7 Å². The number of hydrogen-bond acceptors (Lipinski definition) is 5. The Hall–Kier alpha value is -1.47. The molecule has 0 aromatic carbocycles. The Kier molecular flexibility index (Phi) is 5.84. The largest absolute Gasteiger partial charge is 0.375 e. The Morgan fingerprint density at radius 1 is 1.42 bits per heavy atom. The quantitative estimate of drug-likeness (QED) is 0.809. The molecule has 0 spiro atoms. The third-order valence-corrected chi connectivity index (χ3v) is 5.65. The molecule has 2 heterocycles. The summed E-state index contributed by atoms with van der Waals surface area (Å²) in [5, 5.41) is 6.16. The van der Waals surface area contributed by atoms with Crippen molar-refractivity contribution in [2.45, 2.75) is 38.0 Å². The Morgan fingerprint density at radius 3 is 3.00 bits per heavy atom. The van der Waals surface area contributed by atoms with Crippen LogP contribution in [0.2, 0.25) is 0 Å². The Morgan fingerprint density at radius 2 is 2.25 bits per heavy atom. The lowest BCUT2D eigenvalue weighted by Gasteiger charge is -2.31. The SMILES string of the molecule is COCC(=O)N1CCCC(c2nc(CCNC(=O)C3CC3)cs2)C1. The predicted octanol–water partition coefficient (Wildman–Crippen LogP) is 1.56. The summed E-state index contributed by atoms with van der Waals surface area (Å²) in [7, 11) is 1.55. The normalized spacial score (nSPS) is 20.9. The first-order valence-electron chi connectivity index (χ1n) is 8.66. The number of hydrogen-bond donors (Lipinski definition) is 1. The van der Waals surface area contributed by atoms with Gasteiger partial charge in [-0.05, 0) is 25.7 Å². The molecule has 3 rings (SSSR count). The number of carbonyl (C=O) groups is 2. The summed E-state index contributed by atoms with van der Waals surface area (Å²) >= 11 is 1.67. The zero-order chi connectivity index (χ0) is 16.9. The molecule has 2 aliphatic rings. The first kappa shape index (κ1) is 17.4. The molecule has 0 radical (unpaired) electrons. The van der Waals surface area contributed by atoms with Crippen LogP contribution in [0.25, 0.3) is 0 Å². The topological polar surface area (TPSA) is 71.5 Å². The van der Waals surface area contributed by atoms with Gasteiger partial charge in [0, 0.05) is 50.4 Å². The lowest BCUT2D eigenvalue weighted by Crippen LogP contribution is -2.40. The molecule has 1 saturated heterocycles. The van der Waals surface area contributed by atoms with Gasteiger partial charge in [-0.1, -0.05) is 0 Å². The molecule has 1 aromatic heterocycles. The molecular formula is C17H25N3O3S. The minimum absolute atomic E-state index is 0.0572. The van der Waals surface area contributed by atoms with Crippen LogP contribution in [0.3, 0.4) is 0 Å². The lowest BCUT2D eigenvalue weighted by molar-refractivity contribution is -0.136. The van der Waals surface area contributed by atoms with Crippen LogP contribution in [-0.2, 0) is 20.7 Å². The molecule has 1 atom stereocenters. The maximum Gasteiger partial charge on any atom is 0.248 e. The number of ether oxygens (including phenoxy) is 1. The molecule has 1 aliphatic carbocycles. The van der Waals surface area contributed by atoms with Crippen LogP contribution >= 0.6 is 11.3 Å². The van der Waals surface area contributed by atoms with Gasteiger partial charge in [-0.3, -0.25) is 9.59 Å². The standard InChI is InChI=1S/C17H25N3O3S/c1-23-10-15(21)20-8-2-3-13(9-20)17-19-14(11-24-17)6-7-18-16(22)12-4-5-12/h11-13H,2-10H2,1H3,(H,18,22). The van der Waals surface area contributed by atoms with Crippen molar-refractivity contribution in [1.82, 2.24) is 15.2 Å². The molecule has 2 fully saturated rings. The van der Waals surface area contributed by atoms with Crippen LogP contribution in [0, 0.1) is 5.92 Å². The molecule has 1 unspecified atom stereocenters. The summed E-state index contributed by atoms with van der Waals surface area (Å²) in [5.74, 6) is 0.819. The van der Waals surface area contributed by atoms with Crippen molar-refractivity contribution in [3.05, 3.63) is 16.1 Å². The number of nitrogens with one attached hydrogen (secondary N) is 1. The molecule has 1 saturated carbocycles. The summed E-state index contributed by atoms with van der Waals surface area (Å²) in [6.07, 6.45) is 4.92. The van der Waals surface area contributed by atoms with Crippen molar-refractivity contribution < 1.29 is 14.3 Å². The molecule has 24 heavy (non-hydrogen) atoms. The Labute approximate surface area is 146 Å². The summed E-state index contributed by atoms with van der Waals surface area (Å²) in [5.41, 5.74) is 1.03. The van der Waals surface area contributed by atoms with Crippen molar-refractivity contribution in [3.63, 3.8) is 0 Å². The van der Waals surface area contributed by atoms with Crippen molar-refractivity contribution in [2.75, 3.05) is 33.4 Å². The lowest BCUT2D eigenvalue weighted by atomic mass is 9.98. The molecule has 7 heteroatoms. The van der Waals surface area contributed by atoms with Gasteiger partial charge in [-0.2, -0.15) is 0 Å². The monoisotopic (exact) mass is 351 g/mol. The predicted molar refractivity (Wildman–Crippen MR) is 92.0 cm³/mol. The second-order valence-electron chi connectivity index (χ2n) is 6.60. The Balaban J connectivity index is 1.48. The van der Waals surface area contributed by atoms with E-state index >= 15 is 0 Å². The van der Waals surface area contributed by atoms with E-state index in [1.807, 2.05) is 4.90 Å².